The van der Waals surface area contributed by atoms with Gasteiger partial charge in [-0.25, -0.2) is 4.39 Å². The molecule has 1 N–H and O–H groups in total. The van der Waals surface area contributed by atoms with E-state index in [1.165, 1.54) is 6.07 Å². The van der Waals surface area contributed by atoms with Crippen molar-refractivity contribution in [3.63, 3.8) is 0 Å². The Balaban J connectivity index is 2.85. The monoisotopic (exact) mass is 270 g/mol. The van der Waals surface area contributed by atoms with Crippen molar-refractivity contribution < 1.29 is 4.39 Å². The summed E-state index contributed by atoms with van der Waals surface area (Å²) in [6.45, 7) is 5.64. The van der Waals surface area contributed by atoms with Crippen molar-refractivity contribution in [2.45, 2.75) is 26.4 Å². The zero-order valence-corrected chi connectivity index (χ0v) is 12.5. The average molecular weight is 270 g/mol. The second kappa shape index (κ2) is 7.64. The Bertz CT molecular complexity index is 369. The minimum Gasteiger partial charge on any atom is -0.373 e. The van der Waals surface area contributed by atoms with E-state index in [9.17, 15) is 4.39 Å². The third-order valence-corrected chi connectivity index (χ3v) is 3.41. The van der Waals surface area contributed by atoms with Crippen molar-refractivity contribution in [2.75, 3.05) is 30.5 Å². The molecule has 0 aliphatic rings. The fraction of sp³-hybridized carbons (Fsp3) is 0.571. The summed E-state index contributed by atoms with van der Waals surface area (Å²) in [7, 11) is 2.02. The molecule has 0 atom stereocenters. The third kappa shape index (κ3) is 4.50. The molecule has 0 fully saturated rings. The largest absolute Gasteiger partial charge is 0.373 e. The van der Waals surface area contributed by atoms with Gasteiger partial charge in [0.2, 0.25) is 0 Å². The first-order valence-electron chi connectivity index (χ1n) is 6.27. The zero-order valence-electron chi connectivity index (χ0n) is 11.7. The molecule has 0 radical (unpaired) electrons. The molecule has 0 saturated heterocycles. The van der Waals surface area contributed by atoms with E-state index in [0.717, 1.165) is 23.5 Å². The fourth-order valence-corrected chi connectivity index (χ4v) is 2.19. The second-order valence-corrected chi connectivity index (χ2v) is 5.67. The minimum atomic E-state index is -0.128. The van der Waals surface area contributed by atoms with E-state index >= 15 is 0 Å². The van der Waals surface area contributed by atoms with Gasteiger partial charge in [0, 0.05) is 43.2 Å². The van der Waals surface area contributed by atoms with E-state index in [4.69, 9.17) is 0 Å². The van der Waals surface area contributed by atoms with Gasteiger partial charge in [0.05, 0.1) is 0 Å². The van der Waals surface area contributed by atoms with E-state index in [1.54, 1.807) is 17.8 Å². The van der Waals surface area contributed by atoms with Gasteiger partial charge in [-0.05, 0) is 18.4 Å². The number of hydrogen-bond acceptors (Lipinski definition) is 3. The number of hydrogen-bond donors (Lipinski definition) is 1. The predicted molar refractivity (Wildman–Crippen MR) is 80.0 cm³/mol. The Morgan fingerprint density at radius 3 is 2.72 bits per heavy atom. The first-order valence-corrected chi connectivity index (χ1v) is 7.66. The van der Waals surface area contributed by atoms with Gasteiger partial charge in [-0.15, -0.1) is 0 Å². The number of anilines is 1. The molecule has 18 heavy (non-hydrogen) atoms. The van der Waals surface area contributed by atoms with Crippen LogP contribution in [0, 0.1) is 5.82 Å². The maximum atomic E-state index is 13.9. The van der Waals surface area contributed by atoms with Gasteiger partial charge >= 0.3 is 0 Å². The van der Waals surface area contributed by atoms with Gasteiger partial charge in [0.15, 0.2) is 0 Å². The normalized spacial score (nSPS) is 11.0. The van der Waals surface area contributed by atoms with Gasteiger partial charge < -0.3 is 10.2 Å². The van der Waals surface area contributed by atoms with E-state index in [-0.39, 0.29) is 5.82 Å². The molecule has 0 bridgehead atoms. The van der Waals surface area contributed by atoms with Gasteiger partial charge in [0.1, 0.15) is 5.82 Å². The maximum Gasteiger partial charge on any atom is 0.129 e. The smallest absolute Gasteiger partial charge is 0.129 e. The van der Waals surface area contributed by atoms with Crippen LogP contribution in [0.4, 0.5) is 10.1 Å². The molecule has 2 nitrogen and oxygen atoms in total. The van der Waals surface area contributed by atoms with Gasteiger partial charge in [-0.1, -0.05) is 19.9 Å². The summed E-state index contributed by atoms with van der Waals surface area (Å²) in [5.74, 6) is 0.918. The Hall–Kier alpha value is -0.740. The lowest BCUT2D eigenvalue weighted by atomic mass is 10.1. The molecule has 0 saturated carbocycles. The van der Waals surface area contributed by atoms with Crippen molar-refractivity contribution in [2.24, 2.45) is 0 Å². The molecule has 4 heteroatoms. The predicted octanol–water partition coefficient (Wildman–Crippen LogP) is 3.12. The second-order valence-electron chi connectivity index (χ2n) is 4.69. The molecule has 0 aliphatic carbocycles. The third-order valence-electron chi connectivity index (χ3n) is 2.82. The van der Waals surface area contributed by atoms with Crippen molar-refractivity contribution in [3.8, 4) is 0 Å². The van der Waals surface area contributed by atoms with Crippen molar-refractivity contribution >= 4 is 17.4 Å². The highest BCUT2D eigenvalue weighted by Crippen LogP contribution is 2.22. The van der Waals surface area contributed by atoms with E-state index in [1.807, 2.05) is 13.1 Å². The molecule has 0 aliphatic heterocycles. The van der Waals surface area contributed by atoms with Crippen LogP contribution in [-0.4, -0.2) is 31.6 Å². The summed E-state index contributed by atoms with van der Waals surface area (Å²) < 4.78 is 13.9. The molecule has 1 aromatic rings. The highest BCUT2D eigenvalue weighted by molar-refractivity contribution is 7.98. The summed E-state index contributed by atoms with van der Waals surface area (Å²) in [4.78, 5) is 2.12. The lowest BCUT2D eigenvalue weighted by Gasteiger charge is -2.23. The number of nitrogens with one attached hydrogen (secondary N) is 1. The SMILES string of the molecule is CSCCN(C)c1cccc(F)c1CNC(C)C. The number of benzene rings is 1. The molecule has 0 spiro atoms. The van der Waals surface area contributed by atoms with Crippen LogP contribution in [0.1, 0.15) is 19.4 Å². The fourth-order valence-electron chi connectivity index (χ4n) is 1.73. The number of nitrogens with zero attached hydrogens (tertiary/aromatic N) is 1. The summed E-state index contributed by atoms with van der Waals surface area (Å²) in [6.07, 6.45) is 2.08. The minimum absolute atomic E-state index is 0.128. The van der Waals surface area contributed by atoms with Crippen LogP contribution in [0.5, 0.6) is 0 Å². The number of halogens is 1. The van der Waals surface area contributed by atoms with Crippen LogP contribution >= 0.6 is 11.8 Å². The Kier molecular flexibility index (Phi) is 6.50. The first kappa shape index (κ1) is 15.3. The van der Waals surface area contributed by atoms with Gasteiger partial charge in [0.25, 0.3) is 0 Å². The Labute approximate surface area is 114 Å². The quantitative estimate of drug-likeness (QED) is 0.819. The number of thioether (sulfide) groups is 1. The highest BCUT2D eigenvalue weighted by Gasteiger charge is 2.11. The molecule has 102 valence electrons. The van der Waals surface area contributed by atoms with E-state index in [0.29, 0.717) is 12.6 Å². The summed E-state index contributed by atoms with van der Waals surface area (Å²) in [6, 6.07) is 5.65. The standard InChI is InChI=1S/C14H23FN2S/c1-11(2)16-10-12-13(15)6-5-7-14(12)17(3)8-9-18-4/h5-7,11,16H,8-10H2,1-4H3. The lowest BCUT2D eigenvalue weighted by molar-refractivity contribution is 0.553. The van der Waals surface area contributed by atoms with Crippen LogP contribution in [0.3, 0.4) is 0 Å². The van der Waals surface area contributed by atoms with Gasteiger partial charge in [-0.2, -0.15) is 11.8 Å². The van der Waals surface area contributed by atoms with Gasteiger partial charge in [-0.3, -0.25) is 0 Å². The van der Waals surface area contributed by atoms with Crippen molar-refractivity contribution in [1.82, 2.24) is 5.32 Å². The van der Waals surface area contributed by atoms with Crippen LogP contribution < -0.4 is 10.2 Å². The topological polar surface area (TPSA) is 15.3 Å². The maximum absolute atomic E-state index is 13.9. The molecule has 0 heterocycles. The van der Waals surface area contributed by atoms with Crippen molar-refractivity contribution in [3.05, 3.63) is 29.6 Å². The zero-order chi connectivity index (χ0) is 13.5. The molecular weight excluding hydrogens is 247 g/mol. The molecular formula is C14H23FN2S. The molecule has 1 aromatic carbocycles. The lowest BCUT2D eigenvalue weighted by Crippen LogP contribution is -2.26. The highest BCUT2D eigenvalue weighted by atomic mass is 32.2. The molecule has 1 rings (SSSR count). The summed E-state index contributed by atoms with van der Waals surface area (Å²) in [5, 5.41) is 3.28. The first-order chi connectivity index (χ1) is 8.56. The van der Waals surface area contributed by atoms with Crippen LogP contribution in [-0.2, 0) is 6.54 Å². The molecule has 0 amide bonds. The van der Waals surface area contributed by atoms with Crippen molar-refractivity contribution in [1.29, 1.82) is 0 Å². The van der Waals surface area contributed by atoms with E-state index < -0.39 is 0 Å². The van der Waals surface area contributed by atoms with E-state index in [2.05, 4.69) is 30.3 Å². The average Bonchev–Trinajstić information content (AvgIpc) is 2.34. The summed E-state index contributed by atoms with van der Waals surface area (Å²) >= 11 is 1.80. The summed E-state index contributed by atoms with van der Waals surface area (Å²) in [5.41, 5.74) is 1.74. The Morgan fingerprint density at radius 2 is 2.11 bits per heavy atom. The molecule has 0 aromatic heterocycles. The van der Waals surface area contributed by atoms with Crippen LogP contribution in [0.15, 0.2) is 18.2 Å². The Morgan fingerprint density at radius 1 is 1.39 bits per heavy atom. The number of rotatable bonds is 7. The molecule has 0 unspecified atom stereocenters. The van der Waals surface area contributed by atoms with Crippen LogP contribution in [0.25, 0.3) is 0 Å². The van der Waals surface area contributed by atoms with Crippen LogP contribution in [0.2, 0.25) is 0 Å².